The number of hydrogen-bond acceptors (Lipinski definition) is 4. The van der Waals surface area contributed by atoms with Gasteiger partial charge in [-0.2, -0.15) is 0 Å². The number of primary amides is 1. The van der Waals surface area contributed by atoms with Crippen LogP contribution in [-0.4, -0.2) is 16.8 Å². The minimum absolute atomic E-state index is 0.0961. The highest BCUT2D eigenvalue weighted by Gasteiger charge is 2.40. The number of nitrogens with two attached hydrogens (primary N) is 1. The van der Waals surface area contributed by atoms with E-state index >= 15 is 0 Å². The van der Waals surface area contributed by atoms with E-state index in [1.165, 1.54) is 11.3 Å². The van der Waals surface area contributed by atoms with E-state index in [4.69, 9.17) is 5.73 Å². The predicted octanol–water partition coefficient (Wildman–Crippen LogP) is 2.33. The third-order valence-corrected chi connectivity index (χ3v) is 4.20. The monoisotopic (exact) mass is 285 g/mol. The van der Waals surface area contributed by atoms with Gasteiger partial charge in [-0.15, -0.1) is 11.3 Å². The quantitative estimate of drug-likeness (QED) is 0.505. The van der Waals surface area contributed by atoms with Crippen LogP contribution < -0.4 is 5.73 Å². The second-order valence-corrected chi connectivity index (χ2v) is 5.44. The van der Waals surface area contributed by atoms with Gasteiger partial charge < -0.3 is 10.8 Å². The van der Waals surface area contributed by atoms with E-state index in [1.807, 2.05) is 5.38 Å². The van der Waals surface area contributed by atoms with E-state index in [9.17, 15) is 14.7 Å². The highest BCUT2D eigenvalue weighted by Crippen LogP contribution is 2.41. The maximum Gasteiger partial charge on any atom is 0.232 e. The Balaban J connectivity index is 2.26. The Hall–Kier alpha value is -2.40. The summed E-state index contributed by atoms with van der Waals surface area (Å²) >= 11 is 1.33. The lowest BCUT2D eigenvalue weighted by atomic mass is 10.0. The van der Waals surface area contributed by atoms with E-state index < -0.39 is 17.6 Å². The molecule has 100 valence electrons. The van der Waals surface area contributed by atoms with Gasteiger partial charge in [-0.05, 0) is 22.6 Å². The molecule has 1 aromatic heterocycles. The zero-order chi connectivity index (χ0) is 14.3. The molecule has 1 amide bonds. The highest BCUT2D eigenvalue weighted by molar-refractivity contribution is 7.11. The van der Waals surface area contributed by atoms with Crippen molar-refractivity contribution in [1.29, 1.82) is 0 Å². The molecule has 1 unspecified atom stereocenters. The molecule has 1 aliphatic carbocycles. The molecule has 2 aromatic rings. The fraction of sp³-hybridized carbons (Fsp3) is 0.0667. The topological polar surface area (TPSA) is 80.4 Å². The van der Waals surface area contributed by atoms with Gasteiger partial charge in [0, 0.05) is 0 Å². The summed E-state index contributed by atoms with van der Waals surface area (Å²) in [4.78, 5) is 24.5. The van der Waals surface area contributed by atoms with Crippen molar-refractivity contribution in [1.82, 2.24) is 0 Å². The van der Waals surface area contributed by atoms with Crippen LogP contribution in [0, 0.1) is 0 Å². The van der Waals surface area contributed by atoms with Crippen LogP contribution in [0.1, 0.15) is 21.9 Å². The van der Waals surface area contributed by atoms with Gasteiger partial charge in [0.2, 0.25) is 5.91 Å². The summed E-state index contributed by atoms with van der Waals surface area (Å²) in [5.74, 6) is -2.24. The van der Waals surface area contributed by atoms with Crippen LogP contribution in [0.2, 0.25) is 0 Å². The Bertz CT molecular complexity index is 731. The number of amides is 1. The molecule has 1 atom stereocenters. The second kappa shape index (κ2) is 4.61. The minimum atomic E-state index is -1.01. The van der Waals surface area contributed by atoms with Crippen LogP contribution in [0.15, 0.2) is 41.8 Å². The molecule has 0 spiro atoms. The Morgan fingerprint density at radius 2 is 1.95 bits per heavy atom. The van der Waals surface area contributed by atoms with Crippen molar-refractivity contribution in [3.05, 3.63) is 57.8 Å². The number of carbonyl (C=O) groups excluding carboxylic acids is 2. The number of aliphatic hydroxyl groups is 1. The van der Waals surface area contributed by atoms with Crippen molar-refractivity contribution >= 4 is 34.4 Å². The number of rotatable bonds is 2. The fourth-order valence-corrected chi connectivity index (χ4v) is 3.13. The van der Waals surface area contributed by atoms with Crippen molar-refractivity contribution in [3.63, 3.8) is 0 Å². The lowest BCUT2D eigenvalue weighted by Crippen LogP contribution is -2.25. The molecule has 1 aliphatic rings. The summed E-state index contributed by atoms with van der Waals surface area (Å²) in [5, 5.41) is 12.2. The molecular weight excluding hydrogens is 274 g/mol. The summed E-state index contributed by atoms with van der Waals surface area (Å²) in [6.07, 6.45) is 0. The number of hydrogen-bond donors (Lipinski definition) is 2. The van der Waals surface area contributed by atoms with Gasteiger partial charge in [0.25, 0.3) is 0 Å². The third-order valence-electron chi connectivity index (χ3n) is 3.33. The first-order valence-electron chi connectivity index (χ1n) is 6.01. The Morgan fingerprint density at radius 1 is 1.20 bits per heavy atom. The molecule has 5 heteroatoms. The number of carbonyl (C=O) groups is 2. The zero-order valence-electron chi connectivity index (χ0n) is 10.4. The summed E-state index contributed by atoms with van der Waals surface area (Å²) in [5.41, 5.74) is 6.63. The average Bonchev–Trinajstić information content (AvgIpc) is 3.02. The van der Waals surface area contributed by atoms with Gasteiger partial charge in [0.1, 0.15) is 11.7 Å². The predicted molar refractivity (Wildman–Crippen MR) is 77.1 cm³/mol. The van der Waals surface area contributed by atoms with E-state index in [0.717, 1.165) is 0 Å². The average molecular weight is 285 g/mol. The third kappa shape index (κ3) is 1.75. The maximum absolute atomic E-state index is 12.4. The number of ketones is 1. The van der Waals surface area contributed by atoms with Gasteiger partial charge in [0.05, 0.1) is 10.5 Å². The molecule has 0 radical (unpaired) electrons. The summed E-state index contributed by atoms with van der Waals surface area (Å²) < 4.78 is 0. The number of aliphatic hydroxyl groups excluding tert-OH is 1. The lowest BCUT2D eigenvalue weighted by Gasteiger charge is -2.03. The normalized spacial score (nSPS) is 19.8. The second-order valence-electron chi connectivity index (χ2n) is 4.49. The van der Waals surface area contributed by atoms with E-state index in [-0.39, 0.29) is 11.3 Å². The van der Waals surface area contributed by atoms with Gasteiger partial charge in [-0.3, -0.25) is 9.59 Å². The van der Waals surface area contributed by atoms with Crippen LogP contribution in [-0.2, 0) is 9.59 Å². The van der Waals surface area contributed by atoms with Gasteiger partial charge in [-0.1, -0.05) is 30.3 Å². The van der Waals surface area contributed by atoms with Crippen molar-refractivity contribution in [2.75, 3.05) is 0 Å². The van der Waals surface area contributed by atoms with Crippen LogP contribution in [0.3, 0.4) is 0 Å². The number of benzene rings is 1. The van der Waals surface area contributed by atoms with Crippen molar-refractivity contribution in [2.24, 2.45) is 5.73 Å². The largest absolute Gasteiger partial charge is 0.506 e. The maximum atomic E-state index is 12.4. The number of thiophene rings is 1. The first-order chi connectivity index (χ1) is 9.61. The summed E-state index contributed by atoms with van der Waals surface area (Å²) in [7, 11) is 0. The Kier molecular flexibility index (Phi) is 2.91. The molecule has 0 fully saturated rings. The van der Waals surface area contributed by atoms with Gasteiger partial charge >= 0.3 is 0 Å². The first kappa shape index (κ1) is 12.6. The summed E-state index contributed by atoms with van der Waals surface area (Å²) in [6, 6.07) is 10.4. The standard InChI is InChI=1S/C15H11NO3S/c16-15(19)12-9-5-2-1-4-8(9)11(14(12)18)13(17)10-6-3-7-20-10/h1-7,12,17H,(H2,16,19)/b13-11-. The molecule has 4 nitrogen and oxygen atoms in total. The number of fused-ring (bicyclic) bond motifs is 1. The van der Waals surface area contributed by atoms with E-state index in [2.05, 4.69) is 0 Å². The zero-order valence-corrected chi connectivity index (χ0v) is 11.2. The minimum Gasteiger partial charge on any atom is -0.506 e. The highest BCUT2D eigenvalue weighted by atomic mass is 32.1. The Labute approximate surface area is 119 Å². The molecule has 1 aromatic carbocycles. The van der Waals surface area contributed by atoms with Crippen molar-refractivity contribution < 1.29 is 14.7 Å². The number of allylic oxidation sites excluding steroid dienone is 1. The molecule has 20 heavy (non-hydrogen) atoms. The molecule has 0 aliphatic heterocycles. The smallest absolute Gasteiger partial charge is 0.232 e. The number of Topliss-reactive ketones (excluding diaryl/α,β-unsaturated/α-hetero) is 1. The van der Waals surface area contributed by atoms with Crippen molar-refractivity contribution in [3.8, 4) is 0 Å². The first-order valence-corrected chi connectivity index (χ1v) is 6.89. The SMILES string of the molecule is NC(=O)C1C(=O)/C(=C(\O)c2cccs2)c2ccccc21. The molecular formula is C15H11NO3S. The van der Waals surface area contributed by atoms with E-state index in [0.29, 0.717) is 16.0 Å². The molecule has 3 rings (SSSR count). The van der Waals surface area contributed by atoms with Gasteiger partial charge in [0.15, 0.2) is 5.78 Å². The molecule has 0 bridgehead atoms. The van der Waals surface area contributed by atoms with Crippen LogP contribution in [0.5, 0.6) is 0 Å². The van der Waals surface area contributed by atoms with E-state index in [1.54, 1.807) is 36.4 Å². The fourth-order valence-electron chi connectivity index (χ4n) is 2.46. The van der Waals surface area contributed by atoms with Gasteiger partial charge in [-0.25, -0.2) is 0 Å². The van der Waals surface area contributed by atoms with Crippen LogP contribution in [0.25, 0.3) is 11.3 Å². The van der Waals surface area contributed by atoms with Crippen molar-refractivity contribution in [2.45, 2.75) is 5.92 Å². The van der Waals surface area contributed by atoms with Crippen LogP contribution >= 0.6 is 11.3 Å². The Morgan fingerprint density at radius 3 is 2.60 bits per heavy atom. The molecule has 0 saturated carbocycles. The molecule has 1 heterocycles. The summed E-state index contributed by atoms with van der Waals surface area (Å²) in [6.45, 7) is 0. The lowest BCUT2D eigenvalue weighted by molar-refractivity contribution is -0.125. The molecule has 3 N–H and O–H groups in total. The van der Waals surface area contributed by atoms with Crippen LogP contribution in [0.4, 0.5) is 0 Å². The molecule has 0 saturated heterocycles.